The zero-order valence-corrected chi connectivity index (χ0v) is 7.90. The van der Waals surface area contributed by atoms with Crippen LogP contribution in [-0.4, -0.2) is 7.07 Å². The Bertz CT molecular complexity index is 106. The standard InChI is InChI=1S/CH4BCl4NS/c1-2-7-8(3,4,5)6/h8H,1H3. The van der Waals surface area contributed by atoms with Crippen molar-refractivity contribution in [1.29, 1.82) is 0 Å². The molecule has 0 heterocycles. The first-order valence-electron chi connectivity index (χ1n) is 1.71. The Balaban J connectivity index is 4.14. The fraction of sp³-hybridized carbons (Fsp3) is 1.00. The molecule has 0 spiro atoms. The molecule has 0 radical (unpaired) electrons. The average molecular weight is 215 g/mol. The molecule has 0 unspecified atom stereocenters. The number of hydrogen-bond donors (Lipinski definition) is 1. The van der Waals surface area contributed by atoms with E-state index in [1.165, 1.54) is 7.07 Å². The summed E-state index contributed by atoms with van der Waals surface area (Å²) in [6.07, 6.45) is -3.65. The van der Waals surface area contributed by atoms with Crippen LogP contribution >= 0.6 is 48.9 Å². The van der Waals surface area contributed by atoms with Gasteiger partial charge in [-0.05, 0) is 0 Å². The summed E-state index contributed by atoms with van der Waals surface area (Å²) < 4.78 is 3.46. The number of thiol groups is 1. The Labute approximate surface area is 67.0 Å². The van der Waals surface area contributed by atoms with Gasteiger partial charge in [-0.15, -0.1) is 0 Å². The van der Waals surface area contributed by atoms with Crippen LogP contribution in [0.15, 0.2) is 4.30 Å². The molecule has 0 aliphatic heterocycles. The van der Waals surface area contributed by atoms with Crippen molar-refractivity contribution in [2.24, 2.45) is 4.30 Å². The van der Waals surface area contributed by atoms with Gasteiger partial charge < -0.3 is 0 Å². The van der Waals surface area contributed by atoms with Crippen molar-refractivity contribution in [2.75, 3.05) is 0 Å². The molecule has 0 aromatic heterocycles. The molecular weight excluding hydrogens is 211 g/mol. The van der Waals surface area contributed by atoms with E-state index in [0.717, 1.165) is 0 Å². The summed E-state index contributed by atoms with van der Waals surface area (Å²) in [6, 6.07) is 0. The Hall–Kier alpha value is 1.37. The first-order valence-corrected chi connectivity index (χ1v) is 7.52. The van der Waals surface area contributed by atoms with Crippen molar-refractivity contribution >= 4 is 56.0 Å². The predicted octanol–water partition coefficient (Wildman–Crippen LogP) is 3.53. The van der Waals surface area contributed by atoms with E-state index in [2.05, 4.69) is 4.30 Å². The maximum atomic E-state index is 5.32. The molecule has 0 aliphatic rings. The van der Waals surface area contributed by atoms with Crippen LogP contribution in [0.25, 0.3) is 0 Å². The van der Waals surface area contributed by atoms with Crippen LogP contribution in [0, 0.1) is 0 Å². The number of hydrogen-bond acceptors (Lipinski definition) is 1. The third kappa shape index (κ3) is 7.37. The van der Waals surface area contributed by atoms with Crippen LogP contribution in [0.4, 0.5) is 0 Å². The molecule has 0 atom stereocenters. The second kappa shape index (κ2) is 2.55. The first-order chi connectivity index (χ1) is 3.31. The monoisotopic (exact) mass is 213 g/mol. The predicted molar refractivity (Wildman–Crippen MR) is 46.4 cm³/mol. The van der Waals surface area contributed by atoms with E-state index in [0.29, 0.717) is 0 Å². The normalized spacial score (nSPS) is 17.4. The Morgan fingerprint density at radius 1 is 1.25 bits per heavy atom. The van der Waals surface area contributed by atoms with Crippen molar-refractivity contribution in [3.63, 3.8) is 0 Å². The molecule has 0 aromatic rings. The summed E-state index contributed by atoms with van der Waals surface area (Å²) in [6.45, 7) is 1.64. The number of rotatable bonds is 1. The summed E-state index contributed by atoms with van der Waals surface area (Å²) in [5.41, 5.74) is 0. The van der Waals surface area contributed by atoms with E-state index >= 15 is 0 Å². The number of nitrogens with zero attached hydrogens (tertiary/aromatic N) is 1. The van der Waals surface area contributed by atoms with Gasteiger partial charge in [0, 0.05) is 0 Å². The van der Waals surface area contributed by atoms with E-state index in [4.69, 9.17) is 42.7 Å². The van der Waals surface area contributed by atoms with Crippen LogP contribution in [-0.2, 0) is 0 Å². The molecule has 8 heavy (non-hydrogen) atoms. The van der Waals surface area contributed by atoms with Gasteiger partial charge in [0.2, 0.25) is 0 Å². The molecular formula is CH4BCl4NS. The van der Waals surface area contributed by atoms with Crippen LogP contribution in [0.5, 0.6) is 0 Å². The van der Waals surface area contributed by atoms with Crippen molar-refractivity contribution in [1.82, 2.24) is 0 Å². The van der Waals surface area contributed by atoms with E-state index in [1.54, 1.807) is 6.82 Å². The molecule has 0 fully saturated rings. The van der Waals surface area contributed by atoms with Crippen LogP contribution in [0.3, 0.4) is 0 Å². The minimum atomic E-state index is -3.65. The molecule has 7 heteroatoms. The van der Waals surface area contributed by atoms with Crippen molar-refractivity contribution < 1.29 is 0 Å². The van der Waals surface area contributed by atoms with Crippen LogP contribution in [0.2, 0.25) is 6.82 Å². The van der Waals surface area contributed by atoms with Gasteiger partial charge in [0.1, 0.15) is 0 Å². The molecule has 0 rings (SSSR count). The third-order valence-corrected chi connectivity index (χ3v) is 1.92. The minimum absolute atomic E-state index is 1.37. The van der Waals surface area contributed by atoms with Gasteiger partial charge in [-0.3, -0.25) is 0 Å². The van der Waals surface area contributed by atoms with E-state index in [1.807, 2.05) is 0 Å². The van der Waals surface area contributed by atoms with Gasteiger partial charge >= 0.3 is 67.1 Å². The van der Waals surface area contributed by atoms with Gasteiger partial charge in [0.05, 0.1) is 0 Å². The summed E-state index contributed by atoms with van der Waals surface area (Å²) in [4.78, 5) is 0. The van der Waals surface area contributed by atoms with Gasteiger partial charge in [-0.2, -0.15) is 0 Å². The van der Waals surface area contributed by atoms with Crippen LogP contribution in [0.1, 0.15) is 0 Å². The Morgan fingerprint density at radius 3 is 1.62 bits per heavy atom. The van der Waals surface area contributed by atoms with E-state index in [-0.39, 0.29) is 0 Å². The van der Waals surface area contributed by atoms with Crippen molar-refractivity contribution in [2.45, 2.75) is 6.82 Å². The summed E-state index contributed by atoms with van der Waals surface area (Å²) in [5.74, 6) is 0. The maximum absolute atomic E-state index is 5.32. The van der Waals surface area contributed by atoms with Gasteiger partial charge in [-0.25, -0.2) is 0 Å². The van der Waals surface area contributed by atoms with Gasteiger partial charge in [0.25, 0.3) is 0 Å². The van der Waals surface area contributed by atoms with Gasteiger partial charge in [-0.1, -0.05) is 0 Å². The molecule has 0 saturated carbocycles. The average Bonchev–Trinajstić information content (AvgIpc) is 1.25. The van der Waals surface area contributed by atoms with Gasteiger partial charge in [0.15, 0.2) is 0 Å². The van der Waals surface area contributed by atoms with Crippen molar-refractivity contribution in [3.8, 4) is 0 Å². The summed E-state index contributed by atoms with van der Waals surface area (Å²) in [7, 11) is 22.6. The second-order valence-corrected chi connectivity index (χ2v) is 13.7. The molecule has 0 saturated heterocycles. The summed E-state index contributed by atoms with van der Waals surface area (Å²) in [5, 5.41) is 0. The van der Waals surface area contributed by atoms with E-state index < -0.39 is 6.20 Å². The quantitative estimate of drug-likeness (QED) is 0.507. The van der Waals surface area contributed by atoms with Crippen LogP contribution < -0.4 is 0 Å². The van der Waals surface area contributed by atoms with E-state index in [9.17, 15) is 0 Å². The fourth-order valence-corrected chi connectivity index (χ4v) is 1.57. The number of halogens is 4. The molecule has 50 valence electrons. The molecule has 0 aromatic carbocycles. The fourth-order valence-electron chi connectivity index (χ4n) is 0.175. The second-order valence-electron chi connectivity index (χ2n) is 1.06. The van der Waals surface area contributed by atoms with Crippen molar-refractivity contribution in [3.05, 3.63) is 0 Å². The molecule has 0 bridgehead atoms. The topological polar surface area (TPSA) is 12.4 Å². The third-order valence-electron chi connectivity index (χ3n) is 0.290. The molecule has 0 amide bonds. The zero-order chi connectivity index (χ0) is 6.86. The SMILES string of the molecule is C/B=N/[SH](Cl)(Cl)(Cl)Cl. The molecule has 1 nitrogen and oxygen atoms in total. The molecule has 0 aliphatic carbocycles. The zero-order valence-electron chi connectivity index (χ0n) is 3.98. The Morgan fingerprint density at radius 2 is 1.62 bits per heavy atom. The Kier molecular flexibility index (Phi) is 2.98. The first kappa shape index (κ1) is 9.37. The summed E-state index contributed by atoms with van der Waals surface area (Å²) >= 11 is 0. The molecule has 0 N–H and O–H groups in total.